The third-order valence-corrected chi connectivity index (χ3v) is 6.01. The Morgan fingerprint density at radius 1 is 1.05 bits per heavy atom. The minimum Gasteiger partial charge on any atom is -0.202 e. The molecule has 0 amide bonds. The van der Waals surface area contributed by atoms with Crippen LogP contribution in [0, 0.1) is 5.26 Å². The van der Waals surface area contributed by atoms with Gasteiger partial charge >= 0.3 is 0 Å². The molecule has 1 atom stereocenters. The van der Waals surface area contributed by atoms with Crippen molar-refractivity contribution in [2.75, 3.05) is 0 Å². The normalized spacial score (nSPS) is 14.4. The standard InChI is InChI=1S/C16H27BrFNS/c1-4-6-8-10-12-16(3,11-9-7-5-2)13-14(17)19-15(18)20-13/h4-12H2,1-3H3. The van der Waals surface area contributed by atoms with Crippen LogP contribution in [-0.4, -0.2) is 4.98 Å². The lowest BCUT2D eigenvalue weighted by atomic mass is 9.79. The van der Waals surface area contributed by atoms with Crippen LogP contribution in [-0.2, 0) is 5.41 Å². The highest BCUT2D eigenvalue weighted by Crippen LogP contribution is 2.42. The summed E-state index contributed by atoms with van der Waals surface area (Å²) in [6.45, 7) is 6.74. The number of halogens is 2. The van der Waals surface area contributed by atoms with E-state index >= 15 is 0 Å². The Morgan fingerprint density at radius 2 is 1.60 bits per heavy atom. The first kappa shape index (κ1) is 18.1. The van der Waals surface area contributed by atoms with Crippen molar-refractivity contribution in [3.8, 4) is 0 Å². The molecule has 1 rings (SSSR count). The average Bonchev–Trinajstić information content (AvgIpc) is 2.75. The molecular formula is C16H27BrFNS. The number of hydrogen-bond donors (Lipinski definition) is 0. The number of nitrogens with zero attached hydrogens (tertiary/aromatic N) is 1. The zero-order valence-corrected chi connectivity index (χ0v) is 15.4. The smallest absolute Gasteiger partial charge is 0.202 e. The quantitative estimate of drug-likeness (QED) is 0.414. The molecule has 1 unspecified atom stereocenters. The summed E-state index contributed by atoms with van der Waals surface area (Å²) in [7, 11) is 0. The number of rotatable bonds is 10. The molecule has 0 aliphatic rings. The molecule has 4 heteroatoms. The zero-order chi connectivity index (χ0) is 15.0. The second-order valence-corrected chi connectivity index (χ2v) is 7.62. The minimum absolute atomic E-state index is 0.0732. The van der Waals surface area contributed by atoms with Gasteiger partial charge in [0.05, 0.1) is 0 Å². The van der Waals surface area contributed by atoms with Gasteiger partial charge in [-0.25, -0.2) is 4.98 Å². The van der Waals surface area contributed by atoms with Crippen LogP contribution in [0.1, 0.15) is 83.4 Å². The van der Waals surface area contributed by atoms with Crippen LogP contribution >= 0.6 is 27.3 Å². The van der Waals surface area contributed by atoms with Crippen molar-refractivity contribution in [1.29, 1.82) is 0 Å². The summed E-state index contributed by atoms with van der Waals surface area (Å²) in [5.41, 5.74) is 0.0732. The summed E-state index contributed by atoms with van der Waals surface area (Å²) in [6.07, 6.45) is 11.0. The van der Waals surface area contributed by atoms with Gasteiger partial charge in [-0.05, 0) is 28.8 Å². The van der Waals surface area contributed by atoms with E-state index in [1.54, 1.807) is 0 Å². The van der Waals surface area contributed by atoms with E-state index in [4.69, 9.17) is 0 Å². The Kier molecular flexibility index (Phi) is 8.27. The van der Waals surface area contributed by atoms with E-state index in [-0.39, 0.29) is 10.7 Å². The van der Waals surface area contributed by atoms with Crippen molar-refractivity contribution >= 4 is 27.3 Å². The molecule has 0 N–H and O–H groups in total. The van der Waals surface area contributed by atoms with Crippen molar-refractivity contribution in [2.24, 2.45) is 0 Å². The van der Waals surface area contributed by atoms with Gasteiger partial charge in [0.15, 0.2) is 0 Å². The van der Waals surface area contributed by atoms with Gasteiger partial charge < -0.3 is 0 Å². The minimum atomic E-state index is -0.317. The molecule has 0 aliphatic carbocycles. The van der Waals surface area contributed by atoms with E-state index in [0.29, 0.717) is 0 Å². The summed E-state index contributed by atoms with van der Waals surface area (Å²) < 4.78 is 14.1. The Balaban J connectivity index is 2.74. The first-order chi connectivity index (χ1) is 9.53. The number of unbranched alkanes of at least 4 members (excludes halogenated alkanes) is 5. The fourth-order valence-corrected chi connectivity index (χ4v) is 4.59. The second-order valence-electron chi connectivity index (χ2n) is 5.92. The van der Waals surface area contributed by atoms with E-state index in [9.17, 15) is 4.39 Å². The van der Waals surface area contributed by atoms with Crippen LogP contribution < -0.4 is 0 Å². The van der Waals surface area contributed by atoms with Crippen LogP contribution in [0.2, 0.25) is 0 Å². The van der Waals surface area contributed by atoms with Crippen molar-refractivity contribution in [3.05, 3.63) is 14.7 Å². The average molecular weight is 364 g/mol. The van der Waals surface area contributed by atoms with Gasteiger partial charge in [-0.1, -0.05) is 77.1 Å². The summed E-state index contributed by atoms with van der Waals surface area (Å²) in [4.78, 5) is 5.02. The summed E-state index contributed by atoms with van der Waals surface area (Å²) in [5, 5.41) is -0.317. The fraction of sp³-hybridized carbons (Fsp3) is 0.812. The van der Waals surface area contributed by atoms with Gasteiger partial charge in [-0.2, -0.15) is 4.39 Å². The molecule has 0 fully saturated rings. The molecule has 0 aliphatic heterocycles. The zero-order valence-electron chi connectivity index (χ0n) is 13.0. The van der Waals surface area contributed by atoms with Crippen LogP contribution in [0.5, 0.6) is 0 Å². The first-order valence-corrected chi connectivity index (χ1v) is 9.46. The van der Waals surface area contributed by atoms with Gasteiger partial charge in [-0.3, -0.25) is 0 Å². The Labute approximate surface area is 135 Å². The maximum atomic E-state index is 13.4. The molecule has 0 radical (unpaired) electrons. The Bertz CT molecular complexity index is 394. The van der Waals surface area contributed by atoms with E-state index in [1.165, 1.54) is 56.3 Å². The molecule has 116 valence electrons. The monoisotopic (exact) mass is 363 g/mol. The van der Waals surface area contributed by atoms with E-state index in [2.05, 4.69) is 41.7 Å². The Hall–Kier alpha value is 0.0400. The van der Waals surface area contributed by atoms with Crippen molar-refractivity contribution in [2.45, 2.75) is 84.0 Å². The van der Waals surface area contributed by atoms with Crippen molar-refractivity contribution < 1.29 is 4.39 Å². The highest BCUT2D eigenvalue weighted by Gasteiger charge is 2.31. The van der Waals surface area contributed by atoms with Crippen LogP contribution in [0.3, 0.4) is 0 Å². The van der Waals surface area contributed by atoms with Gasteiger partial charge in [0, 0.05) is 10.3 Å². The maximum Gasteiger partial charge on any atom is 0.270 e. The summed E-state index contributed by atoms with van der Waals surface area (Å²) >= 11 is 4.66. The molecular weight excluding hydrogens is 337 g/mol. The molecule has 1 aromatic rings. The molecule has 0 spiro atoms. The predicted octanol–water partition coefficient (Wildman–Crippen LogP) is 6.85. The fourth-order valence-electron chi connectivity index (χ4n) is 2.71. The molecule has 1 aromatic heterocycles. The topological polar surface area (TPSA) is 12.9 Å². The molecule has 20 heavy (non-hydrogen) atoms. The van der Waals surface area contributed by atoms with Crippen LogP contribution in [0.4, 0.5) is 4.39 Å². The summed E-state index contributed by atoms with van der Waals surface area (Å²) in [5.74, 6) is 0. The molecule has 1 nitrogen and oxygen atoms in total. The highest BCUT2D eigenvalue weighted by molar-refractivity contribution is 9.10. The lowest BCUT2D eigenvalue weighted by Gasteiger charge is -2.29. The number of thiazole rings is 1. The molecule has 0 saturated carbocycles. The van der Waals surface area contributed by atoms with E-state index in [0.717, 1.165) is 22.3 Å². The molecule has 1 heterocycles. The van der Waals surface area contributed by atoms with Gasteiger partial charge in [0.1, 0.15) is 4.60 Å². The maximum absolute atomic E-state index is 13.4. The van der Waals surface area contributed by atoms with Crippen LogP contribution in [0.25, 0.3) is 0 Å². The Morgan fingerprint density at radius 3 is 2.10 bits per heavy atom. The SMILES string of the molecule is CCCCCCC(C)(CCCCC)c1sc(F)nc1Br. The van der Waals surface area contributed by atoms with Gasteiger partial charge in [-0.15, -0.1) is 0 Å². The molecule has 0 bridgehead atoms. The molecule has 0 aromatic carbocycles. The predicted molar refractivity (Wildman–Crippen MR) is 90.0 cm³/mol. The third kappa shape index (κ3) is 5.44. The van der Waals surface area contributed by atoms with Crippen molar-refractivity contribution in [3.63, 3.8) is 0 Å². The lowest BCUT2D eigenvalue weighted by molar-refractivity contribution is 0.370. The van der Waals surface area contributed by atoms with Gasteiger partial charge in [0.25, 0.3) is 5.26 Å². The highest BCUT2D eigenvalue weighted by atomic mass is 79.9. The largest absolute Gasteiger partial charge is 0.270 e. The van der Waals surface area contributed by atoms with E-state index < -0.39 is 0 Å². The summed E-state index contributed by atoms with van der Waals surface area (Å²) in [6, 6.07) is 0. The first-order valence-electron chi connectivity index (χ1n) is 7.85. The third-order valence-electron chi connectivity index (χ3n) is 4.02. The second kappa shape index (κ2) is 9.14. The van der Waals surface area contributed by atoms with Gasteiger partial charge in [0.2, 0.25) is 0 Å². The number of aromatic nitrogens is 1. The number of hydrogen-bond acceptors (Lipinski definition) is 2. The molecule has 0 saturated heterocycles. The van der Waals surface area contributed by atoms with Crippen molar-refractivity contribution in [1.82, 2.24) is 4.98 Å². The van der Waals surface area contributed by atoms with E-state index in [1.807, 2.05) is 0 Å². The van der Waals surface area contributed by atoms with Crippen LogP contribution in [0.15, 0.2) is 4.60 Å². The lowest BCUT2D eigenvalue weighted by Crippen LogP contribution is -2.21.